The third kappa shape index (κ3) is 3.30. The van der Waals surface area contributed by atoms with E-state index in [0.29, 0.717) is 0 Å². The van der Waals surface area contributed by atoms with Crippen molar-refractivity contribution in [1.29, 1.82) is 0 Å². The minimum Gasteiger partial charge on any atom is -0.354 e. The van der Waals surface area contributed by atoms with Gasteiger partial charge in [0, 0.05) is 21.3 Å². The summed E-state index contributed by atoms with van der Waals surface area (Å²) in [6.07, 6.45) is 6.00. The van der Waals surface area contributed by atoms with E-state index in [9.17, 15) is 0 Å². The second-order valence-electron chi connectivity index (χ2n) is 4.35. The van der Waals surface area contributed by atoms with Crippen molar-refractivity contribution in [2.24, 2.45) is 0 Å². The molecule has 0 atom stereocenters. The van der Waals surface area contributed by atoms with E-state index in [2.05, 4.69) is 60.1 Å². The lowest BCUT2D eigenvalue weighted by atomic mass is 10.1. The lowest BCUT2D eigenvalue weighted by molar-refractivity contribution is 1.36. The van der Waals surface area contributed by atoms with Crippen molar-refractivity contribution in [2.45, 2.75) is 34.6 Å². The quantitative estimate of drug-likeness (QED) is 0.639. The second-order valence-corrected chi connectivity index (χ2v) is 4.35. The summed E-state index contributed by atoms with van der Waals surface area (Å²) in [7, 11) is 0. The van der Waals surface area contributed by atoms with Crippen molar-refractivity contribution < 1.29 is 0 Å². The fourth-order valence-corrected chi connectivity index (χ4v) is 2.50. The Balaban J connectivity index is 0.000000561. The third-order valence-electron chi connectivity index (χ3n) is 3.34. The van der Waals surface area contributed by atoms with E-state index >= 15 is 0 Å². The first-order chi connectivity index (χ1) is 10.8. The van der Waals surface area contributed by atoms with Crippen molar-refractivity contribution in [1.82, 2.24) is 4.98 Å². The SMILES string of the molecule is C=C/C=c1\c(=C/C)[nH]c2c1ccc1ccccc12.CC.CC. The van der Waals surface area contributed by atoms with Gasteiger partial charge in [-0.15, -0.1) is 0 Å². The molecule has 3 rings (SSSR count). The molecule has 0 fully saturated rings. The zero-order valence-electron chi connectivity index (χ0n) is 14.4. The second kappa shape index (κ2) is 8.89. The maximum absolute atomic E-state index is 3.80. The van der Waals surface area contributed by atoms with Gasteiger partial charge in [-0.3, -0.25) is 0 Å². The van der Waals surface area contributed by atoms with Gasteiger partial charge in [-0.05, 0) is 12.3 Å². The number of hydrogen-bond donors (Lipinski definition) is 1. The van der Waals surface area contributed by atoms with Crippen molar-refractivity contribution in [3.63, 3.8) is 0 Å². The van der Waals surface area contributed by atoms with Crippen LogP contribution in [0.4, 0.5) is 0 Å². The summed E-state index contributed by atoms with van der Waals surface area (Å²) in [4.78, 5) is 3.51. The van der Waals surface area contributed by atoms with E-state index < -0.39 is 0 Å². The molecular formula is C21H27N. The van der Waals surface area contributed by atoms with Crippen LogP contribution in [0.25, 0.3) is 33.8 Å². The molecule has 0 amide bonds. The monoisotopic (exact) mass is 293 g/mol. The standard InChI is InChI=1S/C17H15N.2C2H6/c1-3-7-14-15-11-10-12-8-5-6-9-13(12)17(15)18-16(14)4-2;2*1-2/h3-11,18H,1H2,2H3;2*1-2H3/b14-7-,16-4+;;. The predicted octanol–water partition coefficient (Wildman–Crippen LogP) is 5.14. The zero-order chi connectivity index (χ0) is 16.5. The number of H-pyrrole nitrogens is 1. The van der Waals surface area contributed by atoms with Gasteiger partial charge in [-0.1, -0.05) is 88.9 Å². The van der Waals surface area contributed by atoms with E-state index in [4.69, 9.17) is 0 Å². The molecule has 0 saturated carbocycles. The summed E-state index contributed by atoms with van der Waals surface area (Å²) in [5.74, 6) is 0. The maximum atomic E-state index is 3.80. The summed E-state index contributed by atoms with van der Waals surface area (Å²) >= 11 is 0. The van der Waals surface area contributed by atoms with Crippen molar-refractivity contribution in [3.8, 4) is 0 Å². The molecule has 0 bridgehead atoms. The summed E-state index contributed by atoms with van der Waals surface area (Å²) < 4.78 is 0. The average molecular weight is 293 g/mol. The summed E-state index contributed by atoms with van der Waals surface area (Å²) in [6, 6.07) is 12.8. The van der Waals surface area contributed by atoms with E-state index in [1.807, 2.05) is 40.7 Å². The molecule has 0 spiro atoms. The molecule has 0 aliphatic heterocycles. The molecule has 0 radical (unpaired) electrons. The lowest BCUT2D eigenvalue weighted by Gasteiger charge is -1.98. The van der Waals surface area contributed by atoms with Gasteiger partial charge in [0.2, 0.25) is 0 Å². The van der Waals surface area contributed by atoms with Crippen LogP contribution in [0.1, 0.15) is 34.6 Å². The molecule has 0 aliphatic carbocycles. The van der Waals surface area contributed by atoms with Gasteiger partial charge in [0.05, 0.1) is 5.52 Å². The van der Waals surface area contributed by atoms with Crippen LogP contribution in [0.15, 0.2) is 49.1 Å². The Morgan fingerprint density at radius 3 is 2.23 bits per heavy atom. The Kier molecular flexibility index (Phi) is 7.18. The number of fused-ring (bicyclic) bond motifs is 3. The highest BCUT2D eigenvalue weighted by atomic mass is 14.7. The Bertz CT molecular complexity index is 851. The van der Waals surface area contributed by atoms with Crippen molar-refractivity contribution in [3.05, 3.63) is 59.6 Å². The number of hydrogen-bond acceptors (Lipinski definition) is 0. The van der Waals surface area contributed by atoms with Crippen LogP contribution in [0.5, 0.6) is 0 Å². The molecule has 1 heterocycles. The van der Waals surface area contributed by atoms with E-state index in [1.54, 1.807) is 0 Å². The molecular weight excluding hydrogens is 266 g/mol. The Morgan fingerprint density at radius 2 is 1.59 bits per heavy atom. The molecule has 1 N–H and O–H groups in total. The van der Waals surface area contributed by atoms with Crippen LogP contribution in [0, 0.1) is 0 Å². The maximum Gasteiger partial charge on any atom is 0.0544 e. The summed E-state index contributed by atoms with van der Waals surface area (Å²) in [6.45, 7) is 13.8. The average Bonchev–Trinajstić information content (AvgIpc) is 2.97. The van der Waals surface area contributed by atoms with Crippen molar-refractivity contribution >= 4 is 33.8 Å². The molecule has 0 unspecified atom stereocenters. The third-order valence-corrected chi connectivity index (χ3v) is 3.34. The molecule has 0 saturated heterocycles. The molecule has 1 heteroatoms. The molecule has 22 heavy (non-hydrogen) atoms. The molecule has 0 aliphatic rings. The number of aromatic amines is 1. The molecule has 116 valence electrons. The fraction of sp³-hybridized carbons (Fsp3) is 0.238. The van der Waals surface area contributed by atoms with Crippen LogP contribution in [-0.4, -0.2) is 4.98 Å². The molecule has 1 nitrogen and oxygen atoms in total. The minimum absolute atomic E-state index is 1.15. The first-order valence-corrected chi connectivity index (χ1v) is 8.13. The van der Waals surface area contributed by atoms with Gasteiger partial charge in [0.1, 0.15) is 0 Å². The Morgan fingerprint density at radius 1 is 0.909 bits per heavy atom. The van der Waals surface area contributed by atoms with Gasteiger partial charge in [0.15, 0.2) is 0 Å². The van der Waals surface area contributed by atoms with Gasteiger partial charge < -0.3 is 4.98 Å². The van der Waals surface area contributed by atoms with Gasteiger partial charge in [-0.2, -0.15) is 0 Å². The smallest absolute Gasteiger partial charge is 0.0544 e. The number of aromatic nitrogens is 1. The van der Waals surface area contributed by atoms with Gasteiger partial charge in [0.25, 0.3) is 0 Å². The van der Waals surface area contributed by atoms with E-state index in [0.717, 1.165) is 5.35 Å². The van der Waals surface area contributed by atoms with Gasteiger partial charge in [-0.25, -0.2) is 0 Å². The first kappa shape index (κ1) is 17.8. The van der Waals surface area contributed by atoms with Crippen LogP contribution in [-0.2, 0) is 0 Å². The van der Waals surface area contributed by atoms with Crippen LogP contribution in [0.3, 0.4) is 0 Å². The molecule has 2 aromatic carbocycles. The highest BCUT2D eigenvalue weighted by Gasteiger charge is 2.03. The molecule has 3 aromatic rings. The minimum atomic E-state index is 1.15. The predicted molar refractivity (Wildman–Crippen MR) is 103 cm³/mol. The lowest BCUT2D eigenvalue weighted by Crippen LogP contribution is -2.21. The number of rotatable bonds is 1. The highest BCUT2D eigenvalue weighted by molar-refractivity contribution is 6.05. The largest absolute Gasteiger partial charge is 0.354 e. The van der Waals surface area contributed by atoms with E-state index in [1.165, 1.54) is 26.9 Å². The molecule has 1 aromatic heterocycles. The zero-order valence-corrected chi connectivity index (χ0v) is 14.4. The fourth-order valence-electron chi connectivity index (χ4n) is 2.50. The highest BCUT2D eigenvalue weighted by Crippen LogP contribution is 2.20. The van der Waals surface area contributed by atoms with Crippen LogP contribution < -0.4 is 10.6 Å². The van der Waals surface area contributed by atoms with E-state index in [-0.39, 0.29) is 0 Å². The normalized spacial score (nSPS) is 11.7. The summed E-state index contributed by atoms with van der Waals surface area (Å²) in [5, 5.41) is 6.15. The van der Waals surface area contributed by atoms with Gasteiger partial charge >= 0.3 is 0 Å². The Labute approximate surface area is 133 Å². The Hall–Kier alpha value is -2.28. The number of benzene rings is 2. The number of allylic oxidation sites excluding steroid dienone is 1. The van der Waals surface area contributed by atoms with Crippen LogP contribution in [0.2, 0.25) is 0 Å². The summed E-state index contributed by atoms with van der Waals surface area (Å²) in [5.41, 5.74) is 1.20. The van der Waals surface area contributed by atoms with Crippen LogP contribution >= 0.6 is 0 Å². The van der Waals surface area contributed by atoms with Crippen molar-refractivity contribution in [2.75, 3.05) is 0 Å². The topological polar surface area (TPSA) is 15.8 Å². The first-order valence-electron chi connectivity index (χ1n) is 8.13. The number of nitrogens with one attached hydrogen (secondary N) is 1.